The number of aliphatic hydroxyl groups excluding tert-OH is 1. The largest absolute Gasteiger partial charge is 0.488 e. The van der Waals surface area contributed by atoms with Gasteiger partial charge in [-0.1, -0.05) is 18.1 Å². The monoisotopic (exact) mass is 579 g/mol. The van der Waals surface area contributed by atoms with E-state index >= 15 is 0 Å². The number of nitrogens with zero attached hydrogens (tertiary/aromatic N) is 3. The van der Waals surface area contributed by atoms with Crippen LogP contribution in [0.3, 0.4) is 0 Å². The molecule has 0 fully saturated rings. The highest BCUT2D eigenvalue weighted by molar-refractivity contribution is 6.03. The number of hydrogen-bond acceptors (Lipinski definition) is 9. The van der Waals surface area contributed by atoms with Gasteiger partial charge in [-0.25, -0.2) is 4.79 Å². The number of anilines is 2. The summed E-state index contributed by atoms with van der Waals surface area (Å²) in [6, 6.07) is 10.00. The van der Waals surface area contributed by atoms with Crippen LogP contribution in [0, 0.1) is 19.8 Å². The summed E-state index contributed by atoms with van der Waals surface area (Å²) in [5.41, 5.74) is 2.85. The maximum atomic E-state index is 13.7. The summed E-state index contributed by atoms with van der Waals surface area (Å²) in [6.45, 7) is 8.99. The van der Waals surface area contributed by atoms with Gasteiger partial charge < -0.3 is 39.4 Å². The Morgan fingerprint density at radius 2 is 1.90 bits per heavy atom. The lowest BCUT2D eigenvalue weighted by Crippen LogP contribution is -2.49. The number of amides is 3. The second kappa shape index (κ2) is 12.3. The molecule has 12 nitrogen and oxygen atoms in total. The smallest absolute Gasteiger partial charge is 0.323 e. The molecule has 2 aromatic carbocycles. The van der Waals surface area contributed by atoms with Crippen molar-refractivity contribution in [3.05, 3.63) is 59.0 Å². The van der Waals surface area contributed by atoms with E-state index in [1.54, 1.807) is 36.9 Å². The predicted molar refractivity (Wildman–Crippen MR) is 155 cm³/mol. The van der Waals surface area contributed by atoms with E-state index in [0.717, 1.165) is 17.1 Å². The standard InChI is InChI=1S/C30H37N5O7/c1-17-12-35(18(2)15-36)29(37)23-11-22(31-30(38)32-28-19(3)33-42-20(28)4)7-9-24(23)41-27(17)14-34(5)13-21-6-8-25-26(10-21)40-16-39-25/h6-11,17-18,27,36H,12-16H2,1-5H3,(H2,31,32,38)/t17-,18-,27-/m1/s1. The van der Waals surface area contributed by atoms with Crippen LogP contribution in [0.5, 0.6) is 17.2 Å². The van der Waals surface area contributed by atoms with E-state index in [-0.39, 0.29) is 31.3 Å². The zero-order valence-electron chi connectivity index (χ0n) is 24.5. The number of carbonyl (C=O) groups excluding carboxylic acids is 2. The van der Waals surface area contributed by atoms with E-state index in [9.17, 15) is 14.7 Å². The van der Waals surface area contributed by atoms with Crippen molar-refractivity contribution in [2.24, 2.45) is 5.92 Å². The van der Waals surface area contributed by atoms with Crippen LogP contribution in [-0.4, -0.2) is 77.7 Å². The second-order valence-electron chi connectivity index (χ2n) is 11.0. The summed E-state index contributed by atoms with van der Waals surface area (Å²) in [7, 11) is 2.02. The molecule has 0 bridgehead atoms. The van der Waals surface area contributed by atoms with Crippen LogP contribution < -0.4 is 24.8 Å². The van der Waals surface area contributed by atoms with Crippen molar-refractivity contribution in [2.75, 3.05) is 44.2 Å². The molecule has 2 aliphatic rings. The normalized spacial score (nSPS) is 18.6. The van der Waals surface area contributed by atoms with Gasteiger partial charge in [-0.05, 0) is 63.7 Å². The van der Waals surface area contributed by atoms with Crippen molar-refractivity contribution in [1.82, 2.24) is 15.0 Å². The Balaban J connectivity index is 1.35. The molecule has 0 spiro atoms. The van der Waals surface area contributed by atoms with E-state index in [4.69, 9.17) is 18.7 Å². The fourth-order valence-corrected chi connectivity index (χ4v) is 5.18. The number of rotatable bonds is 8. The van der Waals surface area contributed by atoms with Crippen LogP contribution in [-0.2, 0) is 6.54 Å². The third-order valence-electron chi connectivity index (χ3n) is 7.58. The molecular formula is C30H37N5O7. The van der Waals surface area contributed by atoms with Gasteiger partial charge in [0.2, 0.25) is 6.79 Å². The summed E-state index contributed by atoms with van der Waals surface area (Å²) < 4.78 is 22.5. The molecular weight excluding hydrogens is 542 g/mol. The van der Waals surface area contributed by atoms with Crippen LogP contribution in [0.15, 0.2) is 40.9 Å². The predicted octanol–water partition coefficient (Wildman–Crippen LogP) is 4.02. The zero-order chi connectivity index (χ0) is 30.0. The SMILES string of the molecule is Cc1noc(C)c1NC(=O)Nc1ccc2c(c1)C(=O)N([C@H](C)CO)C[C@@H](C)[C@@H](CN(C)Cc1ccc3c(c1)OCO3)O2. The van der Waals surface area contributed by atoms with Gasteiger partial charge in [0.05, 0.1) is 18.2 Å². The van der Waals surface area contributed by atoms with E-state index < -0.39 is 12.1 Å². The van der Waals surface area contributed by atoms with Crippen molar-refractivity contribution in [2.45, 2.75) is 46.4 Å². The number of likely N-dealkylation sites (N-methyl/N-ethyl adjacent to an activating group) is 1. The van der Waals surface area contributed by atoms with E-state index in [1.807, 2.05) is 39.1 Å². The van der Waals surface area contributed by atoms with Crippen LogP contribution >= 0.6 is 0 Å². The molecule has 3 heterocycles. The molecule has 1 aromatic heterocycles. The number of carbonyl (C=O) groups is 2. The molecule has 3 amide bonds. The Kier molecular flexibility index (Phi) is 8.55. The van der Waals surface area contributed by atoms with Gasteiger partial charge in [0.1, 0.15) is 23.2 Å². The minimum atomic E-state index is -0.499. The fourth-order valence-electron chi connectivity index (χ4n) is 5.18. The molecule has 0 aliphatic carbocycles. The maximum absolute atomic E-state index is 13.7. The Morgan fingerprint density at radius 3 is 2.64 bits per heavy atom. The lowest BCUT2D eigenvalue weighted by Gasteiger charge is -2.38. The molecule has 0 radical (unpaired) electrons. The van der Waals surface area contributed by atoms with Crippen LogP contribution in [0.4, 0.5) is 16.2 Å². The van der Waals surface area contributed by atoms with Crippen LogP contribution in [0.2, 0.25) is 0 Å². The Bertz CT molecular complexity index is 1440. The maximum Gasteiger partial charge on any atom is 0.323 e. The summed E-state index contributed by atoms with van der Waals surface area (Å²) in [5.74, 6) is 2.07. The van der Waals surface area contributed by atoms with E-state index in [1.165, 1.54) is 0 Å². The van der Waals surface area contributed by atoms with Gasteiger partial charge in [-0.15, -0.1) is 0 Å². The lowest BCUT2D eigenvalue weighted by molar-refractivity contribution is 0.0341. The Morgan fingerprint density at radius 1 is 1.14 bits per heavy atom. The average Bonchev–Trinajstić information content (AvgIpc) is 3.56. The molecule has 0 saturated heterocycles. The number of benzene rings is 2. The number of aromatic nitrogens is 1. The van der Waals surface area contributed by atoms with Crippen LogP contribution in [0.25, 0.3) is 0 Å². The molecule has 224 valence electrons. The number of aryl methyl sites for hydroxylation is 2. The first-order valence-electron chi connectivity index (χ1n) is 13.9. The highest BCUT2D eigenvalue weighted by Gasteiger charge is 2.33. The van der Waals surface area contributed by atoms with Gasteiger partial charge >= 0.3 is 6.03 Å². The Hall–Kier alpha value is -4.29. The Labute approximate surface area is 244 Å². The second-order valence-corrected chi connectivity index (χ2v) is 11.0. The first kappa shape index (κ1) is 29.2. The highest BCUT2D eigenvalue weighted by Crippen LogP contribution is 2.34. The minimum absolute atomic E-state index is 0.0334. The average molecular weight is 580 g/mol. The fraction of sp³-hybridized carbons (Fsp3) is 0.433. The molecule has 3 aromatic rings. The summed E-state index contributed by atoms with van der Waals surface area (Å²) in [4.78, 5) is 30.3. The van der Waals surface area contributed by atoms with Crippen molar-refractivity contribution >= 4 is 23.3 Å². The number of ether oxygens (including phenoxy) is 3. The van der Waals surface area contributed by atoms with Crippen molar-refractivity contribution < 1.29 is 33.4 Å². The summed E-state index contributed by atoms with van der Waals surface area (Å²) >= 11 is 0. The number of nitrogens with one attached hydrogen (secondary N) is 2. The summed E-state index contributed by atoms with van der Waals surface area (Å²) in [5, 5.41) is 19.3. The lowest BCUT2D eigenvalue weighted by atomic mass is 9.99. The number of hydrogen-bond donors (Lipinski definition) is 3. The van der Waals surface area contributed by atoms with Crippen molar-refractivity contribution in [1.29, 1.82) is 0 Å². The highest BCUT2D eigenvalue weighted by atomic mass is 16.7. The molecule has 2 aliphatic heterocycles. The zero-order valence-corrected chi connectivity index (χ0v) is 24.5. The number of urea groups is 1. The van der Waals surface area contributed by atoms with E-state index in [2.05, 4.69) is 20.7 Å². The van der Waals surface area contributed by atoms with Gasteiger partial charge in [-0.2, -0.15) is 0 Å². The first-order chi connectivity index (χ1) is 20.1. The van der Waals surface area contributed by atoms with Gasteiger partial charge in [0.15, 0.2) is 17.3 Å². The van der Waals surface area contributed by atoms with Crippen LogP contribution in [0.1, 0.15) is 41.2 Å². The molecule has 12 heteroatoms. The molecule has 3 N–H and O–H groups in total. The molecule has 0 saturated carbocycles. The number of aliphatic hydroxyl groups is 1. The first-order valence-corrected chi connectivity index (χ1v) is 13.9. The summed E-state index contributed by atoms with van der Waals surface area (Å²) in [6.07, 6.45) is -0.258. The van der Waals surface area contributed by atoms with Crippen molar-refractivity contribution in [3.63, 3.8) is 0 Å². The minimum Gasteiger partial charge on any atom is -0.488 e. The topological polar surface area (TPSA) is 139 Å². The molecule has 0 unspecified atom stereocenters. The van der Waals surface area contributed by atoms with Gasteiger partial charge in [-0.3, -0.25) is 9.69 Å². The van der Waals surface area contributed by atoms with Gasteiger partial charge in [0.25, 0.3) is 5.91 Å². The van der Waals surface area contributed by atoms with Gasteiger partial charge in [0, 0.05) is 31.2 Å². The third-order valence-corrected chi connectivity index (χ3v) is 7.58. The van der Waals surface area contributed by atoms with E-state index in [0.29, 0.717) is 53.8 Å². The van der Waals surface area contributed by atoms with Crippen molar-refractivity contribution in [3.8, 4) is 17.2 Å². The molecule has 42 heavy (non-hydrogen) atoms. The third kappa shape index (κ3) is 6.29. The molecule has 3 atom stereocenters. The quantitative estimate of drug-likeness (QED) is 0.361. The number of fused-ring (bicyclic) bond motifs is 2. The molecule has 5 rings (SSSR count).